The Bertz CT molecular complexity index is 360. The highest BCUT2D eigenvalue weighted by Crippen LogP contribution is 2.27. The molecule has 1 aromatic rings. The van der Waals surface area contributed by atoms with Gasteiger partial charge in [-0.1, -0.05) is 11.6 Å². The molecule has 0 fully saturated rings. The van der Waals surface area contributed by atoms with Gasteiger partial charge in [0.1, 0.15) is 11.8 Å². The summed E-state index contributed by atoms with van der Waals surface area (Å²) in [4.78, 5) is 0. The average Bonchev–Trinajstić information content (AvgIpc) is 2.18. The van der Waals surface area contributed by atoms with E-state index in [4.69, 9.17) is 21.6 Å². The zero-order valence-electron chi connectivity index (χ0n) is 8.04. The van der Waals surface area contributed by atoms with E-state index in [1.165, 1.54) is 0 Å². The Morgan fingerprint density at radius 2 is 2.29 bits per heavy atom. The van der Waals surface area contributed by atoms with E-state index in [0.717, 1.165) is 5.69 Å². The topological polar surface area (TPSA) is 45.0 Å². The second-order valence-corrected chi connectivity index (χ2v) is 3.25. The Labute approximate surface area is 88.3 Å². The number of ether oxygens (including phenoxy) is 1. The zero-order chi connectivity index (χ0) is 10.6. The molecular weight excluding hydrogens is 200 g/mol. The van der Waals surface area contributed by atoms with Crippen LogP contribution in [0.3, 0.4) is 0 Å². The third-order valence-electron chi connectivity index (χ3n) is 1.73. The number of hydrogen-bond donors (Lipinski definition) is 1. The van der Waals surface area contributed by atoms with E-state index in [1.54, 1.807) is 26.2 Å². The Hall–Kier alpha value is -1.40. The van der Waals surface area contributed by atoms with Crippen molar-refractivity contribution in [1.29, 1.82) is 5.26 Å². The van der Waals surface area contributed by atoms with Gasteiger partial charge in [0.05, 0.1) is 18.2 Å². The Morgan fingerprint density at radius 3 is 2.79 bits per heavy atom. The second-order valence-electron chi connectivity index (χ2n) is 2.84. The summed E-state index contributed by atoms with van der Waals surface area (Å²) in [5, 5.41) is 12.1. The molecule has 0 amide bonds. The van der Waals surface area contributed by atoms with Gasteiger partial charge < -0.3 is 10.1 Å². The molecule has 0 aliphatic heterocycles. The zero-order valence-corrected chi connectivity index (χ0v) is 8.80. The summed E-state index contributed by atoms with van der Waals surface area (Å²) in [7, 11) is 1.56. The Morgan fingerprint density at radius 1 is 1.57 bits per heavy atom. The van der Waals surface area contributed by atoms with Gasteiger partial charge in [0, 0.05) is 5.69 Å². The summed E-state index contributed by atoms with van der Waals surface area (Å²) in [6.45, 7) is 1.78. The highest BCUT2D eigenvalue weighted by Gasteiger charge is 2.03. The maximum Gasteiger partial charge on any atom is 0.137 e. The summed E-state index contributed by atoms with van der Waals surface area (Å²) < 4.78 is 5.01. The number of nitriles is 1. The number of hydrogen-bond acceptors (Lipinski definition) is 3. The summed E-state index contributed by atoms with van der Waals surface area (Å²) in [6, 6.07) is 7.15. The molecule has 0 radical (unpaired) electrons. The van der Waals surface area contributed by atoms with Crippen LogP contribution in [0.1, 0.15) is 6.92 Å². The van der Waals surface area contributed by atoms with Gasteiger partial charge in [0.15, 0.2) is 0 Å². The number of halogens is 1. The molecule has 0 saturated carbocycles. The van der Waals surface area contributed by atoms with E-state index in [1.807, 2.05) is 6.07 Å². The van der Waals surface area contributed by atoms with Crippen molar-refractivity contribution in [2.75, 3.05) is 12.4 Å². The fraction of sp³-hybridized carbons (Fsp3) is 0.300. The summed E-state index contributed by atoms with van der Waals surface area (Å²) in [5.41, 5.74) is 0.810. The molecule has 74 valence electrons. The molecule has 1 unspecified atom stereocenters. The van der Waals surface area contributed by atoms with Crippen LogP contribution in [0.4, 0.5) is 5.69 Å². The molecule has 0 aliphatic carbocycles. The van der Waals surface area contributed by atoms with Crippen molar-refractivity contribution in [3.8, 4) is 11.8 Å². The number of nitrogens with zero attached hydrogens (tertiary/aromatic N) is 1. The van der Waals surface area contributed by atoms with E-state index in [0.29, 0.717) is 10.8 Å². The number of methoxy groups -OCH3 is 1. The van der Waals surface area contributed by atoms with Crippen molar-refractivity contribution < 1.29 is 4.74 Å². The van der Waals surface area contributed by atoms with Gasteiger partial charge in [-0.05, 0) is 25.1 Å². The van der Waals surface area contributed by atoms with Crippen molar-refractivity contribution in [3.05, 3.63) is 23.2 Å². The smallest absolute Gasteiger partial charge is 0.137 e. The number of anilines is 1. The highest BCUT2D eigenvalue weighted by atomic mass is 35.5. The predicted octanol–water partition coefficient (Wildman–Crippen LogP) is 2.67. The van der Waals surface area contributed by atoms with Crippen LogP contribution in [0.5, 0.6) is 5.75 Å². The summed E-state index contributed by atoms with van der Waals surface area (Å²) >= 11 is 5.91. The fourth-order valence-electron chi connectivity index (χ4n) is 1.04. The number of benzene rings is 1. The minimum atomic E-state index is -0.237. The molecule has 1 aromatic carbocycles. The quantitative estimate of drug-likeness (QED) is 0.834. The van der Waals surface area contributed by atoms with Crippen LogP contribution >= 0.6 is 11.6 Å². The molecule has 3 nitrogen and oxygen atoms in total. The first kappa shape index (κ1) is 10.7. The molecule has 14 heavy (non-hydrogen) atoms. The SMILES string of the molecule is COc1ccc(NC(C)C#N)cc1Cl. The van der Waals surface area contributed by atoms with Crippen LogP contribution in [-0.4, -0.2) is 13.2 Å². The first-order chi connectivity index (χ1) is 6.67. The van der Waals surface area contributed by atoms with E-state index in [9.17, 15) is 0 Å². The lowest BCUT2D eigenvalue weighted by Gasteiger charge is -2.09. The van der Waals surface area contributed by atoms with Crippen LogP contribution in [0, 0.1) is 11.3 Å². The standard InChI is InChI=1S/C10H11ClN2O/c1-7(6-12)13-8-3-4-10(14-2)9(11)5-8/h3-5,7,13H,1-2H3. The van der Waals surface area contributed by atoms with Crippen molar-refractivity contribution in [2.24, 2.45) is 0 Å². The maximum absolute atomic E-state index is 8.60. The van der Waals surface area contributed by atoms with Crippen molar-refractivity contribution >= 4 is 17.3 Å². The van der Waals surface area contributed by atoms with Gasteiger partial charge in [-0.15, -0.1) is 0 Å². The molecule has 1 rings (SSSR count). The van der Waals surface area contributed by atoms with Crippen LogP contribution in [0.25, 0.3) is 0 Å². The van der Waals surface area contributed by atoms with Crippen LogP contribution < -0.4 is 10.1 Å². The van der Waals surface area contributed by atoms with Gasteiger partial charge in [0.25, 0.3) is 0 Å². The minimum absolute atomic E-state index is 0.237. The largest absolute Gasteiger partial charge is 0.495 e. The molecule has 0 heterocycles. The van der Waals surface area contributed by atoms with E-state index >= 15 is 0 Å². The van der Waals surface area contributed by atoms with E-state index in [-0.39, 0.29) is 6.04 Å². The minimum Gasteiger partial charge on any atom is -0.495 e. The van der Waals surface area contributed by atoms with Gasteiger partial charge in [0.2, 0.25) is 0 Å². The Kier molecular flexibility index (Phi) is 3.61. The van der Waals surface area contributed by atoms with E-state index in [2.05, 4.69) is 11.4 Å². The molecule has 0 aliphatic rings. The molecule has 1 atom stereocenters. The Balaban J connectivity index is 2.82. The van der Waals surface area contributed by atoms with Crippen LogP contribution in [0.15, 0.2) is 18.2 Å². The lowest BCUT2D eigenvalue weighted by Crippen LogP contribution is -2.11. The number of rotatable bonds is 3. The van der Waals surface area contributed by atoms with Gasteiger partial charge in [-0.3, -0.25) is 0 Å². The third-order valence-corrected chi connectivity index (χ3v) is 2.02. The normalized spacial score (nSPS) is 11.6. The summed E-state index contributed by atoms with van der Waals surface area (Å²) in [5.74, 6) is 0.627. The molecule has 1 N–H and O–H groups in total. The van der Waals surface area contributed by atoms with Crippen molar-refractivity contribution in [2.45, 2.75) is 13.0 Å². The molecule has 0 bridgehead atoms. The van der Waals surface area contributed by atoms with E-state index < -0.39 is 0 Å². The first-order valence-corrected chi connectivity index (χ1v) is 4.55. The van der Waals surface area contributed by atoms with Crippen molar-refractivity contribution in [3.63, 3.8) is 0 Å². The molecule has 0 spiro atoms. The van der Waals surface area contributed by atoms with Crippen LogP contribution in [-0.2, 0) is 0 Å². The highest BCUT2D eigenvalue weighted by molar-refractivity contribution is 6.32. The van der Waals surface area contributed by atoms with Crippen LogP contribution in [0.2, 0.25) is 5.02 Å². The summed E-state index contributed by atoms with van der Waals surface area (Å²) in [6.07, 6.45) is 0. The van der Waals surface area contributed by atoms with Gasteiger partial charge in [-0.2, -0.15) is 5.26 Å². The molecule has 0 aromatic heterocycles. The average molecular weight is 211 g/mol. The second kappa shape index (κ2) is 4.73. The predicted molar refractivity (Wildman–Crippen MR) is 56.7 cm³/mol. The van der Waals surface area contributed by atoms with Gasteiger partial charge >= 0.3 is 0 Å². The lowest BCUT2D eigenvalue weighted by atomic mass is 10.2. The molecular formula is C10H11ClN2O. The molecule has 4 heteroatoms. The lowest BCUT2D eigenvalue weighted by molar-refractivity contribution is 0.415. The monoisotopic (exact) mass is 210 g/mol. The fourth-order valence-corrected chi connectivity index (χ4v) is 1.30. The first-order valence-electron chi connectivity index (χ1n) is 4.17. The molecule has 0 saturated heterocycles. The van der Waals surface area contributed by atoms with Crippen molar-refractivity contribution in [1.82, 2.24) is 0 Å². The third kappa shape index (κ3) is 2.54. The maximum atomic E-state index is 8.60. The van der Waals surface area contributed by atoms with Gasteiger partial charge in [-0.25, -0.2) is 0 Å². The number of nitrogens with one attached hydrogen (secondary N) is 1.